The van der Waals surface area contributed by atoms with E-state index in [1.807, 2.05) is 40.9 Å². The number of pyridine rings is 1. The van der Waals surface area contributed by atoms with Crippen molar-refractivity contribution in [3.8, 4) is 0 Å². The van der Waals surface area contributed by atoms with Crippen LogP contribution >= 0.6 is 0 Å². The van der Waals surface area contributed by atoms with Crippen LogP contribution in [0.5, 0.6) is 0 Å². The summed E-state index contributed by atoms with van der Waals surface area (Å²) in [5.74, 6) is 0. The van der Waals surface area contributed by atoms with E-state index in [0.29, 0.717) is 0 Å². The highest BCUT2D eigenvalue weighted by Gasteiger charge is 2.14. The molecule has 0 saturated heterocycles. The molecule has 0 saturated carbocycles. The SMILES string of the molecule is CC.CC.Cc1cn(C)c(=O)c2c1CNCC2. The maximum absolute atomic E-state index is 11.7. The Kier molecular flexibility index (Phi) is 7.55. The highest BCUT2D eigenvalue weighted by molar-refractivity contribution is 5.33. The molecule has 1 aromatic rings. The van der Waals surface area contributed by atoms with Gasteiger partial charge < -0.3 is 9.88 Å². The standard InChI is InChI=1S/C10H14N2O.2C2H6/c1-7-6-12(2)10(13)8-3-4-11-5-9(7)8;2*1-2/h6,11H,3-5H2,1-2H3;2*1-2H3. The Morgan fingerprint density at radius 3 is 2.35 bits per heavy atom. The monoisotopic (exact) mass is 238 g/mol. The van der Waals surface area contributed by atoms with Gasteiger partial charge in [0.1, 0.15) is 0 Å². The van der Waals surface area contributed by atoms with Gasteiger partial charge in [-0.15, -0.1) is 0 Å². The zero-order chi connectivity index (χ0) is 13.4. The van der Waals surface area contributed by atoms with Crippen LogP contribution in [-0.2, 0) is 20.0 Å². The lowest BCUT2D eigenvalue weighted by Gasteiger charge is -2.19. The van der Waals surface area contributed by atoms with Crippen molar-refractivity contribution in [2.45, 2.75) is 47.6 Å². The van der Waals surface area contributed by atoms with Crippen LogP contribution in [0.3, 0.4) is 0 Å². The molecule has 17 heavy (non-hydrogen) atoms. The molecule has 1 N–H and O–H groups in total. The van der Waals surface area contributed by atoms with E-state index in [-0.39, 0.29) is 5.56 Å². The van der Waals surface area contributed by atoms with Gasteiger partial charge in [-0.2, -0.15) is 0 Å². The van der Waals surface area contributed by atoms with Crippen molar-refractivity contribution >= 4 is 0 Å². The maximum Gasteiger partial charge on any atom is 0.253 e. The fourth-order valence-corrected chi connectivity index (χ4v) is 1.94. The highest BCUT2D eigenvalue weighted by atomic mass is 16.1. The number of aryl methyl sites for hydroxylation is 2. The minimum atomic E-state index is 0.169. The van der Waals surface area contributed by atoms with Gasteiger partial charge in [0, 0.05) is 25.4 Å². The van der Waals surface area contributed by atoms with Crippen molar-refractivity contribution in [2.24, 2.45) is 7.05 Å². The maximum atomic E-state index is 11.7. The molecular formula is C14H26N2O. The third kappa shape index (κ3) is 3.70. The molecule has 0 fully saturated rings. The zero-order valence-corrected chi connectivity index (χ0v) is 12.1. The molecule has 3 heteroatoms. The Labute approximate surface area is 105 Å². The van der Waals surface area contributed by atoms with Crippen LogP contribution in [0.4, 0.5) is 0 Å². The summed E-state index contributed by atoms with van der Waals surface area (Å²) in [5.41, 5.74) is 3.59. The Hall–Kier alpha value is -1.09. The molecule has 0 bridgehead atoms. The molecule has 1 aliphatic heterocycles. The average Bonchev–Trinajstić information content (AvgIpc) is 2.41. The molecule has 0 amide bonds. The lowest BCUT2D eigenvalue weighted by Crippen LogP contribution is -2.33. The summed E-state index contributed by atoms with van der Waals surface area (Å²) in [6, 6.07) is 0. The molecular weight excluding hydrogens is 212 g/mol. The van der Waals surface area contributed by atoms with Crippen molar-refractivity contribution in [1.29, 1.82) is 0 Å². The molecule has 98 valence electrons. The van der Waals surface area contributed by atoms with Gasteiger partial charge in [-0.05, 0) is 31.0 Å². The van der Waals surface area contributed by atoms with Gasteiger partial charge in [0.15, 0.2) is 0 Å². The van der Waals surface area contributed by atoms with E-state index in [9.17, 15) is 4.79 Å². The van der Waals surface area contributed by atoms with Crippen LogP contribution in [0.25, 0.3) is 0 Å². The normalized spacial score (nSPS) is 12.6. The predicted molar refractivity (Wildman–Crippen MR) is 74.5 cm³/mol. The molecule has 2 heterocycles. The minimum absolute atomic E-state index is 0.169. The van der Waals surface area contributed by atoms with Gasteiger partial charge in [-0.25, -0.2) is 0 Å². The molecule has 0 atom stereocenters. The summed E-state index contributed by atoms with van der Waals surface area (Å²) < 4.78 is 1.68. The highest BCUT2D eigenvalue weighted by Crippen LogP contribution is 2.13. The second-order valence-electron chi connectivity index (χ2n) is 3.61. The largest absolute Gasteiger partial charge is 0.318 e. The third-order valence-electron chi connectivity index (χ3n) is 2.66. The van der Waals surface area contributed by atoms with Crippen LogP contribution in [-0.4, -0.2) is 11.1 Å². The van der Waals surface area contributed by atoms with Crippen LogP contribution in [0.2, 0.25) is 0 Å². The van der Waals surface area contributed by atoms with E-state index in [1.165, 1.54) is 11.1 Å². The zero-order valence-electron chi connectivity index (χ0n) is 12.1. The molecule has 0 spiro atoms. The van der Waals surface area contributed by atoms with E-state index in [2.05, 4.69) is 12.2 Å². The first-order valence-corrected chi connectivity index (χ1v) is 6.59. The smallest absolute Gasteiger partial charge is 0.253 e. The molecule has 2 rings (SSSR count). The quantitative estimate of drug-likeness (QED) is 0.753. The molecule has 3 nitrogen and oxygen atoms in total. The van der Waals surface area contributed by atoms with Gasteiger partial charge in [-0.1, -0.05) is 27.7 Å². The van der Waals surface area contributed by atoms with Crippen LogP contribution in [0, 0.1) is 6.92 Å². The van der Waals surface area contributed by atoms with Crippen LogP contribution < -0.4 is 10.9 Å². The van der Waals surface area contributed by atoms with Crippen LogP contribution in [0.1, 0.15) is 44.4 Å². The lowest BCUT2D eigenvalue weighted by atomic mass is 9.99. The van der Waals surface area contributed by atoms with E-state index < -0.39 is 0 Å². The number of hydrogen-bond donors (Lipinski definition) is 1. The summed E-state index contributed by atoms with van der Waals surface area (Å²) in [7, 11) is 1.82. The Morgan fingerprint density at radius 1 is 1.18 bits per heavy atom. The van der Waals surface area contributed by atoms with Crippen molar-refractivity contribution in [2.75, 3.05) is 6.54 Å². The van der Waals surface area contributed by atoms with Crippen molar-refractivity contribution in [3.63, 3.8) is 0 Å². The molecule has 1 aromatic heterocycles. The van der Waals surface area contributed by atoms with Gasteiger partial charge >= 0.3 is 0 Å². The Bertz CT molecular complexity index is 394. The number of aromatic nitrogens is 1. The molecule has 0 aromatic carbocycles. The number of nitrogens with one attached hydrogen (secondary N) is 1. The first-order valence-electron chi connectivity index (χ1n) is 6.59. The van der Waals surface area contributed by atoms with Crippen molar-refractivity contribution < 1.29 is 0 Å². The van der Waals surface area contributed by atoms with E-state index in [1.54, 1.807) is 4.57 Å². The lowest BCUT2D eigenvalue weighted by molar-refractivity contribution is 0.623. The number of rotatable bonds is 0. The van der Waals surface area contributed by atoms with Gasteiger partial charge in [0.2, 0.25) is 0 Å². The molecule has 1 aliphatic rings. The molecule has 0 radical (unpaired) electrons. The van der Waals surface area contributed by atoms with Gasteiger partial charge in [-0.3, -0.25) is 4.79 Å². The summed E-state index contributed by atoms with van der Waals surface area (Å²) in [4.78, 5) is 11.7. The summed E-state index contributed by atoms with van der Waals surface area (Å²) in [6.45, 7) is 11.8. The van der Waals surface area contributed by atoms with Crippen molar-refractivity contribution in [3.05, 3.63) is 33.2 Å². The molecule has 0 unspecified atom stereocenters. The summed E-state index contributed by atoms with van der Waals surface area (Å²) in [6.07, 6.45) is 2.78. The first kappa shape index (κ1) is 15.9. The average molecular weight is 238 g/mol. The number of fused-ring (bicyclic) bond motifs is 1. The minimum Gasteiger partial charge on any atom is -0.318 e. The predicted octanol–water partition coefficient (Wildman–Crippen LogP) is 2.39. The van der Waals surface area contributed by atoms with Gasteiger partial charge in [0.05, 0.1) is 0 Å². The summed E-state index contributed by atoms with van der Waals surface area (Å²) >= 11 is 0. The molecule has 0 aliphatic carbocycles. The van der Waals surface area contributed by atoms with E-state index in [0.717, 1.165) is 25.1 Å². The number of hydrogen-bond acceptors (Lipinski definition) is 2. The topological polar surface area (TPSA) is 34.0 Å². The first-order chi connectivity index (χ1) is 8.20. The van der Waals surface area contributed by atoms with Crippen molar-refractivity contribution in [1.82, 2.24) is 9.88 Å². The summed E-state index contributed by atoms with van der Waals surface area (Å²) in [5, 5.41) is 3.28. The Balaban J connectivity index is 0.000000581. The van der Waals surface area contributed by atoms with Crippen LogP contribution in [0.15, 0.2) is 11.0 Å². The van der Waals surface area contributed by atoms with E-state index >= 15 is 0 Å². The second kappa shape index (κ2) is 8.07. The fraction of sp³-hybridized carbons (Fsp3) is 0.643. The number of nitrogens with zero attached hydrogens (tertiary/aromatic N) is 1. The second-order valence-corrected chi connectivity index (χ2v) is 3.61. The Morgan fingerprint density at radius 2 is 1.76 bits per heavy atom. The fourth-order valence-electron chi connectivity index (χ4n) is 1.94. The van der Waals surface area contributed by atoms with Gasteiger partial charge in [0.25, 0.3) is 5.56 Å². The third-order valence-corrected chi connectivity index (χ3v) is 2.66. The van der Waals surface area contributed by atoms with E-state index in [4.69, 9.17) is 0 Å².